The summed E-state index contributed by atoms with van der Waals surface area (Å²) in [5.74, 6) is -2.92. The van der Waals surface area contributed by atoms with Gasteiger partial charge in [0.05, 0.1) is 7.11 Å². The molecule has 0 aliphatic heterocycles. The van der Waals surface area contributed by atoms with Gasteiger partial charge in [0.1, 0.15) is 0 Å². The van der Waals surface area contributed by atoms with E-state index in [1.807, 2.05) is 0 Å². The fraction of sp³-hybridized carbons (Fsp3) is 0.800. The van der Waals surface area contributed by atoms with Gasteiger partial charge in [-0.1, -0.05) is 0 Å². The maximum atomic E-state index is 12.6. The van der Waals surface area contributed by atoms with E-state index < -0.39 is 34.1 Å². The van der Waals surface area contributed by atoms with Crippen LogP contribution in [-0.2, 0) is 23.8 Å². The molecule has 0 spiro atoms. The second kappa shape index (κ2) is 4.49. The SMILES string of the molecule is COS(=O)(=O)C(F)(F)COC(=O)C(F)(F)F. The molecule has 0 aliphatic rings. The maximum absolute atomic E-state index is 12.6. The molecule has 0 aromatic heterocycles. The van der Waals surface area contributed by atoms with Crippen LogP contribution in [0, 0.1) is 0 Å². The van der Waals surface area contributed by atoms with Crippen LogP contribution >= 0.6 is 0 Å². The minimum absolute atomic E-state index is 0.384. The number of hydrogen-bond acceptors (Lipinski definition) is 5. The van der Waals surface area contributed by atoms with Crippen molar-refractivity contribution in [3.8, 4) is 0 Å². The van der Waals surface area contributed by atoms with Gasteiger partial charge in [0.25, 0.3) is 0 Å². The number of carbonyl (C=O) groups is 1. The summed E-state index contributed by atoms with van der Waals surface area (Å²) in [5.41, 5.74) is 0. The summed E-state index contributed by atoms with van der Waals surface area (Å²) in [4.78, 5) is 10.0. The molecule has 5 nitrogen and oxygen atoms in total. The van der Waals surface area contributed by atoms with Crippen molar-refractivity contribution >= 4 is 16.1 Å². The smallest absolute Gasteiger partial charge is 0.451 e. The summed E-state index contributed by atoms with van der Waals surface area (Å²) in [5, 5.41) is -4.75. The van der Waals surface area contributed by atoms with Gasteiger partial charge in [-0.05, 0) is 0 Å². The molecule has 11 heteroatoms. The molecule has 0 aromatic rings. The summed E-state index contributed by atoms with van der Waals surface area (Å²) >= 11 is 0. The Hall–Kier alpha value is -0.970. The summed E-state index contributed by atoms with van der Waals surface area (Å²) in [7, 11) is -5.03. The highest BCUT2D eigenvalue weighted by atomic mass is 32.2. The lowest BCUT2D eigenvalue weighted by Gasteiger charge is -2.15. The number of rotatable bonds is 4. The molecule has 0 aromatic carbocycles. The predicted octanol–water partition coefficient (Wildman–Crippen LogP) is 0.661. The molecular weight excluding hydrogens is 267 g/mol. The Kier molecular flexibility index (Phi) is 4.22. The van der Waals surface area contributed by atoms with Crippen LogP contribution in [0.1, 0.15) is 0 Å². The van der Waals surface area contributed by atoms with Gasteiger partial charge in [0.15, 0.2) is 6.61 Å². The first kappa shape index (κ1) is 15.0. The zero-order valence-electron chi connectivity index (χ0n) is 7.55. The van der Waals surface area contributed by atoms with E-state index in [0.717, 1.165) is 0 Å². The van der Waals surface area contributed by atoms with E-state index in [2.05, 4.69) is 8.92 Å². The van der Waals surface area contributed by atoms with Gasteiger partial charge >= 0.3 is 27.5 Å². The molecule has 0 aliphatic carbocycles. The van der Waals surface area contributed by atoms with Gasteiger partial charge in [-0.25, -0.2) is 4.79 Å². The Morgan fingerprint density at radius 2 is 1.62 bits per heavy atom. The first-order chi connectivity index (χ1) is 6.94. The van der Waals surface area contributed by atoms with Crippen molar-refractivity contribution in [1.29, 1.82) is 0 Å². The van der Waals surface area contributed by atoms with Gasteiger partial charge in [-0.3, -0.25) is 4.18 Å². The van der Waals surface area contributed by atoms with Crippen LogP contribution in [0.3, 0.4) is 0 Å². The third-order valence-electron chi connectivity index (χ3n) is 1.19. The Morgan fingerprint density at radius 1 is 1.19 bits per heavy atom. The van der Waals surface area contributed by atoms with Crippen LogP contribution in [0.25, 0.3) is 0 Å². The number of hydrogen-bond donors (Lipinski definition) is 0. The molecule has 0 radical (unpaired) electrons. The van der Waals surface area contributed by atoms with Crippen molar-refractivity contribution in [3.05, 3.63) is 0 Å². The molecule has 96 valence electrons. The van der Waals surface area contributed by atoms with E-state index in [-0.39, 0.29) is 0 Å². The third kappa shape index (κ3) is 3.56. The van der Waals surface area contributed by atoms with Crippen molar-refractivity contribution in [2.75, 3.05) is 13.7 Å². The van der Waals surface area contributed by atoms with E-state index in [1.54, 1.807) is 0 Å². The summed E-state index contributed by atoms with van der Waals surface area (Å²) in [6.45, 7) is -2.28. The monoisotopic (exact) mass is 272 g/mol. The van der Waals surface area contributed by atoms with Gasteiger partial charge in [0.2, 0.25) is 0 Å². The molecule has 0 heterocycles. The fourth-order valence-electron chi connectivity index (χ4n) is 0.425. The standard InChI is InChI=1S/C5H5F5O5S/c1-14-16(12,13)4(6,7)2-15-3(11)5(8,9)10/h2H2,1H3. The second-order valence-electron chi connectivity index (χ2n) is 2.33. The van der Waals surface area contributed by atoms with E-state index in [4.69, 9.17) is 0 Å². The number of carbonyl (C=O) groups excluding carboxylic acids is 1. The van der Waals surface area contributed by atoms with Crippen LogP contribution in [0.4, 0.5) is 22.0 Å². The molecular formula is C5H5F5O5S. The number of esters is 1. The Balaban J connectivity index is 4.60. The quantitative estimate of drug-likeness (QED) is 0.427. The summed E-state index contributed by atoms with van der Waals surface area (Å²) < 4.78 is 87.0. The zero-order valence-corrected chi connectivity index (χ0v) is 8.36. The fourth-order valence-corrected chi connectivity index (χ4v) is 0.873. The summed E-state index contributed by atoms with van der Waals surface area (Å²) in [6, 6.07) is 0. The van der Waals surface area contributed by atoms with Crippen molar-refractivity contribution in [2.45, 2.75) is 11.4 Å². The molecule has 0 rings (SSSR count). The molecule has 0 bridgehead atoms. The van der Waals surface area contributed by atoms with Crippen LogP contribution in [0.5, 0.6) is 0 Å². The molecule has 0 unspecified atom stereocenters. The molecule has 0 N–H and O–H groups in total. The average Bonchev–Trinajstić information content (AvgIpc) is 2.12. The topological polar surface area (TPSA) is 69.7 Å². The van der Waals surface area contributed by atoms with Crippen LogP contribution in [0.15, 0.2) is 0 Å². The zero-order chi connectivity index (χ0) is 13.2. The highest BCUT2D eigenvalue weighted by molar-refractivity contribution is 7.87. The number of alkyl halides is 5. The summed E-state index contributed by atoms with van der Waals surface area (Å²) in [6.07, 6.45) is -5.48. The molecule has 16 heavy (non-hydrogen) atoms. The highest BCUT2D eigenvalue weighted by Gasteiger charge is 2.50. The molecule has 0 atom stereocenters. The number of halogens is 5. The van der Waals surface area contributed by atoms with Gasteiger partial charge in [-0.2, -0.15) is 30.4 Å². The minimum atomic E-state index is -5.48. The van der Waals surface area contributed by atoms with E-state index in [0.29, 0.717) is 7.11 Å². The second-order valence-corrected chi connectivity index (χ2v) is 4.17. The number of ether oxygens (including phenoxy) is 1. The lowest BCUT2D eigenvalue weighted by atomic mass is 10.6. The lowest BCUT2D eigenvalue weighted by molar-refractivity contribution is -0.204. The van der Waals surface area contributed by atoms with Crippen molar-refractivity contribution in [2.24, 2.45) is 0 Å². The maximum Gasteiger partial charge on any atom is 0.490 e. The minimum Gasteiger partial charge on any atom is -0.451 e. The van der Waals surface area contributed by atoms with Gasteiger partial charge < -0.3 is 4.74 Å². The molecule has 0 fully saturated rings. The first-order valence-electron chi connectivity index (χ1n) is 3.36. The average molecular weight is 272 g/mol. The first-order valence-corrected chi connectivity index (χ1v) is 4.77. The van der Waals surface area contributed by atoms with Gasteiger partial charge in [0, 0.05) is 0 Å². The van der Waals surface area contributed by atoms with Crippen LogP contribution < -0.4 is 0 Å². The largest absolute Gasteiger partial charge is 0.490 e. The van der Waals surface area contributed by atoms with Crippen molar-refractivity contribution < 1.29 is 44.1 Å². The van der Waals surface area contributed by atoms with Crippen LogP contribution in [-0.4, -0.2) is 39.5 Å². The third-order valence-corrected chi connectivity index (χ3v) is 2.48. The van der Waals surface area contributed by atoms with Crippen molar-refractivity contribution in [3.63, 3.8) is 0 Å². The van der Waals surface area contributed by atoms with Crippen LogP contribution in [0.2, 0.25) is 0 Å². The highest BCUT2D eigenvalue weighted by Crippen LogP contribution is 2.25. The predicted molar refractivity (Wildman–Crippen MR) is 37.9 cm³/mol. The molecule has 0 saturated heterocycles. The molecule has 0 amide bonds. The lowest BCUT2D eigenvalue weighted by Crippen LogP contribution is -2.38. The normalized spacial score (nSPS) is 13.6. The Labute approximate surface area is 86.2 Å². The van der Waals surface area contributed by atoms with E-state index in [1.165, 1.54) is 0 Å². The Morgan fingerprint density at radius 3 is 1.94 bits per heavy atom. The Bertz CT molecular complexity index is 358. The molecule has 0 saturated carbocycles. The van der Waals surface area contributed by atoms with E-state index in [9.17, 15) is 35.2 Å². The van der Waals surface area contributed by atoms with Gasteiger partial charge in [-0.15, -0.1) is 0 Å². The van der Waals surface area contributed by atoms with Crippen molar-refractivity contribution in [1.82, 2.24) is 0 Å². The van der Waals surface area contributed by atoms with E-state index >= 15 is 0 Å².